The van der Waals surface area contributed by atoms with E-state index in [1.54, 1.807) is 12.3 Å². The molecule has 1 aromatic heterocycles. The van der Waals surface area contributed by atoms with Crippen molar-refractivity contribution in [2.75, 3.05) is 3.53 Å². The first-order chi connectivity index (χ1) is 11.6. The van der Waals surface area contributed by atoms with Gasteiger partial charge in [-0.2, -0.15) is 0 Å². The Bertz CT molecular complexity index is 888. The Morgan fingerprint density at radius 3 is 2.62 bits per heavy atom. The van der Waals surface area contributed by atoms with Crippen LogP contribution in [0.2, 0.25) is 0 Å². The van der Waals surface area contributed by atoms with E-state index in [4.69, 9.17) is 10.5 Å². The van der Waals surface area contributed by atoms with Crippen molar-refractivity contribution >= 4 is 61.8 Å². The van der Waals surface area contributed by atoms with Gasteiger partial charge in [0.25, 0.3) is 5.76 Å². The number of hydrogen-bond acceptors (Lipinski definition) is 4. The van der Waals surface area contributed by atoms with E-state index in [-0.39, 0.29) is 0 Å². The van der Waals surface area contributed by atoms with Gasteiger partial charge in [-0.1, -0.05) is 22.0 Å². The van der Waals surface area contributed by atoms with Gasteiger partial charge in [0.15, 0.2) is 0 Å². The van der Waals surface area contributed by atoms with Crippen molar-refractivity contribution in [3.8, 4) is 0 Å². The Balaban J connectivity index is 2.05. The first-order valence-electron chi connectivity index (χ1n) is 6.99. The Morgan fingerprint density at radius 1 is 1.17 bits per heavy atom. The lowest BCUT2D eigenvalue weighted by atomic mass is 9.95. The smallest absolute Gasteiger partial charge is 0.270 e. The molecular weight excluding hydrogens is 483 g/mol. The lowest BCUT2D eigenvalue weighted by Gasteiger charge is -2.11. The number of halogens is 2. The van der Waals surface area contributed by atoms with Crippen LogP contribution in [0.25, 0.3) is 11.3 Å². The second-order valence-electron chi connectivity index (χ2n) is 5.00. The molecule has 1 aromatic carbocycles. The lowest BCUT2D eigenvalue weighted by molar-refractivity contribution is 0.510. The van der Waals surface area contributed by atoms with Crippen LogP contribution >= 0.6 is 38.8 Å². The monoisotopic (exact) mass is 495 g/mol. The van der Waals surface area contributed by atoms with Crippen LogP contribution in [0.5, 0.6) is 0 Å². The summed E-state index contributed by atoms with van der Waals surface area (Å²) >= 11 is 5.37. The molecule has 7 heteroatoms. The van der Waals surface area contributed by atoms with Crippen LogP contribution in [0.1, 0.15) is 11.3 Å². The summed E-state index contributed by atoms with van der Waals surface area (Å²) in [6.45, 7) is 0. The van der Waals surface area contributed by atoms with Gasteiger partial charge in [0.05, 0.1) is 45.4 Å². The van der Waals surface area contributed by atoms with Crippen molar-refractivity contribution in [1.82, 2.24) is 9.97 Å². The topological polar surface area (TPSA) is 84.6 Å². The molecule has 0 unspecified atom stereocenters. The number of hydrogen-bond donors (Lipinski definition) is 2. The zero-order valence-electron chi connectivity index (χ0n) is 12.3. The van der Waals surface area contributed by atoms with Gasteiger partial charge in [-0.25, -0.2) is 9.97 Å². The molecule has 0 atom stereocenters. The summed E-state index contributed by atoms with van der Waals surface area (Å²) in [5.41, 5.74) is 3.23. The molecule has 0 fully saturated rings. The molecule has 0 radical (unpaired) electrons. The maximum absolute atomic E-state index is 8.44. The Morgan fingerprint density at radius 2 is 1.92 bits per heavy atom. The Kier molecular flexibility index (Phi) is 5.10. The highest BCUT2D eigenvalue weighted by atomic mass is 127. The van der Waals surface area contributed by atoms with Crippen LogP contribution < -0.4 is 3.53 Å². The summed E-state index contributed by atoms with van der Waals surface area (Å²) in [6, 6.07) is 9.31. The van der Waals surface area contributed by atoms with E-state index in [0.29, 0.717) is 23.0 Å². The summed E-state index contributed by atoms with van der Waals surface area (Å²) in [5.74, 6) is 0.836. The maximum Gasteiger partial charge on any atom is 0.270 e. The van der Waals surface area contributed by atoms with Crippen LogP contribution in [0.4, 0.5) is 5.95 Å². The van der Waals surface area contributed by atoms with Gasteiger partial charge >= 0.3 is 0 Å². The fourth-order valence-electron chi connectivity index (χ4n) is 2.25. The average molecular weight is 496 g/mol. The molecular formula is C17H13BrIN4O+. The van der Waals surface area contributed by atoms with Crippen LogP contribution in [-0.4, -0.2) is 20.8 Å². The summed E-state index contributed by atoms with van der Waals surface area (Å²) < 4.78 is 3.84. The molecule has 24 heavy (non-hydrogen) atoms. The zero-order chi connectivity index (χ0) is 17.1. The lowest BCUT2D eigenvalue weighted by Crippen LogP contribution is -2.05. The number of benzene rings is 1. The summed E-state index contributed by atoms with van der Waals surface area (Å²) in [7, 11) is 0. The fourth-order valence-corrected chi connectivity index (χ4v) is 2.77. The van der Waals surface area contributed by atoms with Crippen molar-refractivity contribution < 1.29 is 5.11 Å². The predicted octanol–water partition coefficient (Wildman–Crippen LogP) is 4.11. The molecule has 120 valence electrons. The third kappa shape index (κ3) is 3.57. The van der Waals surface area contributed by atoms with Gasteiger partial charge in [0.1, 0.15) is 0 Å². The first-order valence-corrected chi connectivity index (χ1v) is 8.86. The van der Waals surface area contributed by atoms with Crippen molar-refractivity contribution in [2.45, 2.75) is 0 Å². The minimum Gasteiger partial charge on any atom is -0.592 e. The number of nitrogens with zero attached hydrogens (tertiary/aromatic N) is 2. The summed E-state index contributed by atoms with van der Waals surface area (Å²) in [6.07, 6.45) is 7.03. The van der Waals surface area contributed by atoms with E-state index in [1.165, 1.54) is 0 Å². The van der Waals surface area contributed by atoms with Crippen molar-refractivity contribution in [2.24, 2.45) is 0 Å². The molecule has 0 saturated heterocycles. The van der Waals surface area contributed by atoms with E-state index in [0.717, 1.165) is 21.3 Å². The summed E-state index contributed by atoms with van der Waals surface area (Å²) in [5, 5.41) is 16.6. The normalized spacial score (nSPS) is 15.9. The number of nitrogens with one attached hydrogen (secondary N) is 2. The second-order valence-corrected chi connectivity index (χ2v) is 6.46. The highest BCUT2D eigenvalue weighted by Gasteiger charge is 2.19. The third-order valence-electron chi connectivity index (χ3n) is 3.46. The molecule has 4 N–H and O–H groups in total. The molecule has 0 aliphatic heterocycles. The second kappa shape index (κ2) is 7.27. The SMILES string of the molecule is N=C1C=CC(c2ccnc(NI)n2)=C/C1=C(/[OH2+])c1ccc(Br)cc1. The van der Waals surface area contributed by atoms with Crippen molar-refractivity contribution in [3.63, 3.8) is 0 Å². The van der Waals surface area contributed by atoms with Gasteiger partial charge in [-0.15, -0.1) is 0 Å². The largest absolute Gasteiger partial charge is 0.592 e. The minimum atomic E-state index is 0.313. The molecule has 0 amide bonds. The summed E-state index contributed by atoms with van der Waals surface area (Å²) in [4.78, 5) is 8.51. The van der Waals surface area contributed by atoms with E-state index in [1.807, 2.05) is 65.3 Å². The molecule has 0 saturated carbocycles. The Hall–Kier alpha value is -2.00. The quantitative estimate of drug-likeness (QED) is 0.291. The van der Waals surface area contributed by atoms with E-state index < -0.39 is 0 Å². The molecule has 1 aliphatic carbocycles. The average Bonchev–Trinajstić information content (AvgIpc) is 2.62. The number of rotatable bonds is 3. The van der Waals surface area contributed by atoms with Gasteiger partial charge in [-0.3, -0.25) is 8.94 Å². The van der Waals surface area contributed by atoms with Crippen LogP contribution in [0.15, 0.2) is 64.8 Å². The maximum atomic E-state index is 8.44. The number of anilines is 1. The van der Waals surface area contributed by atoms with Gasteiger partial charge < -0.3 is 5.11 Å². The van der Waals surface area contributed by atoms with Crippen molar-refractivity contribution in [3.05, 3.63) is 76.1 Å². The molecule has 5 nitrogen and oxygen atoms in total. The molecule has 1 heterocycles. The first kappa shape index (κ1) is 16.8. The fraction of sp³-hybridized carbons (Fsp3) is 0. The molecule has 1 aliphatic rings. The molecule has 0 spiro atoms. The van der Waals surface area contributed by atoms with Crippen LogP contribution in [0.3, 0.4) is 0 Å². The third-order valence-corrected chi connectivity index (χ3v) is 4.47. The number of allylic oxidation sites excluding steroid dienone is 5. The minimum absolute atomic E-state index is 0.313. The van der Waals surface area contributed by atoms with Crippen molar-refractivity contribution in [1.29, 1.82) is 5.41 Å². The van der Waals surface area contributed by atoms with E-state index >= 15 is 0 Å². The highest BCUT2D eigenvalue weighted by Crippen LogP contribution is 2.27. The Labute approximate surface area is 161 Å². The zero-order valence-corrected chi connectivity index (χ0v) is 16.1. The van der Waals surface area contributed by atoms with Gasteiger partial charge in [0.2, 0.25) is 5.95 Å². The standard InChI is InChI=1S/C17H12BrIN4O/c18-12-4-1-10(2-5-12)16(24)13-9-11(3-6-14(13)20)15-7-8-21-17(22-15)23-19/h1-9,20,24H,(H,21,22,23)/p+1/b16-13-,20-14?. The van der Waals surface area contributed by atoms with Gasteiger partial charge in [-0.05, 0) is 42.5 Å². The molecule has 3 rings (SSSR count). The molecule has 2 aromatic rings. The van der Waals surface area contributed by atoms with E-state index in [2.05, 4.69) is 29.4 Å². The predicted molar refractivity (Wildman–Crippen MR) is 109 cm³/mol. The van der Waals surface area contributed by atoms with Crippen LogP contribution in [-0.2, 0) is 0 Å². The molecule has 0 bridgehead atoms. The number of aromatic nitrogens is 2. The van der Waals surface area contributed by atoms with E-state index in [9.17, 15) is 0 Å². The highest BCUT2D eigenvalue weighted by molar-refractivity contribution is 14.1. The van der Waals surface area contributed by atoms with Crippen LogP contribution in [0, 0.1) is 5.41 Å². The van der Waals surface area contributed by atoms with Gasteiger partial charge in [0, 0.05) is 16.2 Å².